The van der Waals surface area contributed by atoms with Crippen LogP contribution in [0.4, 0.5) is 0 Å². The minimum Gasteiger partial charge on any atom is -0.339 e. The lowest BCUT2D eigenvalue weighted by molar-refractivity contribution is 0.966. The van der Waals surface area contributed by atoms with E-state index in [0.717, 1.165) is 27.1 Å². The molecule has 1 aromatic heterocycles. The number of hydrogen-bond acceptors (Lipinski definition) is 3. The van der Waals surface area contributed by atoms with Crippen molar-refractivity contribution < 1.29 is 0 Å². The Bertz CT molecular complexity index is 456. The van der Waals surface area contributed by atoms with Gasteiger partial charge in [-0.25, -0.2) is 4.98 Å². The van der Waals surface area contributed by atoms with Gasteiger partial charge in [-0.1, -0.05) is 29.4 Å². The standard InChI is InChI=1S/C11H12ClN3S/c12-9-7-8(3-4-13)1-2-10(9)16-11-14-5-6-15-11/h1-2,5-7H,3-4,13H2,(H,14,15). The van der Waals surface area contributed by atoms with Crippen molar-refractivity contribution in [2.24, 2.45) is 5.73 Å². The van der Waals surface area contributed by atoms with Gasteiger partial charge in [-0.05, 0) is 30.7 Å². The van der Waals surface area contributed by atoms with Gasteiger partial charge in [0.1, 0.15) is 0 Å². The lowest BCUT2D eigenvalue weighted by atomic mass is 10.1. The Labute approximate surface area is 103 Å². The zero-order chi connectivity index (χ0) is 11.4. The van der Waals surface area contributed by atoms with Gasteiger partial charge in [0.15, 0.2) is 5.16 Å². The van der Waals surface area contributed by atoms with Crippen LogP contribution in [0.1, 0.15) is 5.56 Å². The second-order valence-corrected chi connectivity index (χ2v) is 4.74. The Morgan fingerprint density at radius 2 is 2.31 bits per heavy atom. The van der Waals surface area contributed by atoms with Crippen molar-refractivity contribution in [3.05, 3.63) is 41.2 Å². The Hall–Kier alpha value is -0.970. The molecule has 0 aliphatic carbocycles. The van der Waals surface area contributed by atoms with E-state index in [1.54, 1.807) is 12.4 Å². The van der Waals surface area contributed by atoms with Crippen LogP contribution in [0.3, 0.4) is 0 Å². The van der Waals surface area contributed by atoms with Gasteiger partial charge in [-0.3, -0.25) is 0 Å². The fourth-order valence-corrected chi connectivity index (χ4v) is 2.42. The van der Waals surface area contributed by atoms with E-state index in [9.17, 15) is 0 Å². The van der Waals surface area contributed by atoms with Crippen molar-refractivity contribution in [1.82, 2.24) is 9.97 Å². The van der Waals surface area contributed by atoms with Crippen LogP contribution < -0.4 is 5.73 Å². The van der Waals surface area contributed by atoms with Crippen LogP contribution in [0.2, 0.25) is 5.02 Å². The molecule has 3 N–H and O–H groups in total. The van der Waals surface area contributed by atoms with Crippen LogP contribution >= 0.6 is 23.4 Å². The van der Waals surface area contributed by atoms with Crippen molar-refractivity contribution >= 4 is 23.4 Å². The van der Waals surface area contributed by atoms with E-state index in [4.69, 9.17) is 17.3 Å². The molecule has 84 valence electrons. The number of rotatable bonds is 4. The molecule has 5 heteroatoms. The molecule has 0 amide bonds. The SMILES string of the molecule is NCCc1ccc(Sc2ncc[nH]2)c(Cl)c1. The highest BCUT2D eigenvalue weighted by Gasteiger charge is 2.05. The molecule has 0 saturated carbocycles. The summed E-state index contributed by atoms with van der Waals surface area (Å²) in [5.41, 5.74) is 6.66. The van der Waals surface area contributed by atoms with Crippen LogP contribution in [0.15, 0.2) is 40.6 Å². The van der Waals surface area contributed by atoms with Gasteiger partial charge in [-0.15, -0.1) is 0 Å². The maximum atomic E-state index is 6.18. The van der Waals surface area contributed by atoms with E-state index in [1.165, 1.54) is 11.8 Å². The van der Waals surface area contributed by atoms with Crippen molar-refractivity contribution in [3.8, 4) is 0 Å². The fraction of sp³-hybridized carbons (Fsp3) is 0.182. The summed E-state index contributed by atoms with van der Waals surface area (Å²) in [4.78, 5) is 8.16. The normalized spacial score (nSPS) is 10.6. The highest BCUT2D eigenvalue weighted by Crippen LogP contribution is 2.31. The largest absolute Gasteiger partial charge is 0.339 e. The molecule has 0 saturated heterocycles. The van der Waals surface area contributed by atoms with Crippen molar-refractivity contribution in [2.45, 2.75) is 16.5 Å². The number of hydrogen-bond donors (Lipinski definition) is 2. The lowest BCUT2D eigenvalue weighted by Crippen LogP contribution is -2.02. The summed E-state index contributed by atoms with van der Waals surface area (Å²) in [5, 5.41) is 1.58. The summed E-state index contributed by atoms with van der Waals surface area (Å²) < 4.78 is 0. The van der Waals surface area contributed by atoms with Crippen LogP contribution in [-0.2, 0) is 6.42 Å². The van der Waals surface area contributed by atoms with Crippen molar-refractivity contribution in [3.63, 3.8) is 0 Å². The van der Waals surface area contributed by atoms with Crippen LogP contribution in [-0.4, -0.2) is 16.5 Å². The number of imidazole rings is 1. The van der Waals surface area contributed by atoms with Gasteiger partial charge in [0.05, 0.1) is 5.02 Å². The van der Waals surface area contributed by atoms with Gasteiger partial charge in [0.25, 0.3) is 0 Å². The maximum Gasteiger partial charge on any atom is 0.170 e. The Kier molecular flexibility index (Phi) is 3.88. The number of halogens is 1. The van der Waals surface area contributed by atoms with Gasteiger partial charge < -0.3 is 10.7 Å². The van der Waals surface area contributed by atoms with Crippen LogP contribution in [0.25, 0.3) is 0 Å². The maximum absolute atomic E-state index is 6.18. The Morgan fingerprint density at radius 3 is 2.94 bits per heavy atom. The molecule has 16 heavy (non-hydrogen) atoms. The van der Waals surface area contributed by atoms with E-state index in [0.29, 0.717) is 6.54 Å². The second kappa shape index (κ2) is 5.39. The van der Waals surface area contributed by atoms with Gasteiger partial charge in [-0.2, -0.15) is 0 Å². The van der Waals surface area contributed by atoms with Crippen molar-refractivity contribution in [1.29, 1.82) is 0 Å². The minimum absolute atomic E-state index is 0.640. The first-order valence-corrected chi connectivity index (χ1v) is 6.15. The average Bonchev–Trinajstić information content (AvgIpc) is 2.75. The Balaban J connectivity index is 2.16. The monoisotopic (exact) mass is 253 g/mol. The van der Waals surface area contributed by atoms with E-state index in [-0.39, 0.29) is 0 Å². The van der Waals surface area contributed by atoms with E-state index < -0.39 is 0 Å². The molecule has 1 aromatic carbocycles. The molecule has 0 spiro atoms. The summed E-state index contributed by atoms with van der Waals surface area (Å²) in [6, 6.07) is 6.00. The molecular weight excluding hydrogens is 242 g/mol. The van der Waals surface area contributed by atoms with E-state index >= 15 is 0 Å². The minimum atomic E-state index is 0.640. The van der Waals surface area contributed by atoms with E-state index in [2.05, 4.69) is 9.97 Å². The lowest BCUT2D eigenvalue weighted by Gasteiger charge is -2.04. The average molecular weight is 254 g/mol. The summed E-state index contributed by atoms with van der Waals surface area (Å²) in [6.45, 7) is 0.640. The smallest absolute Gasteiger partial charge is 0.170 e. The first-order valence-electron chi connectivity index (χ1n) is 4.95. The van der Waals surface area contributed by atoms with Gasteiger partial charge in [0, 0.05) is 17.3 Å². The molecule has 1 heterocycles. The van der Waals surface area contributed by atoms with Gasteiger partial charge in [0.2, 0.25) is 0 Å². The third-order valence-corrected chi connectivity index (χ3v) is 3.53. The second-order valence-electron chi connectivity index (χ2n) is 3.30. The molecular formula is C11H12ClN3S. The molecule has 2 rings (SSSR count). The van der Waals surface area contributed by atoms with Crippen LogP contribution in [0, 0.1) is 0 Å². The highest BCUT2D eigenvalue weighted by atomic mass is 35.5. The third-order valence-electron chi connectivity index (χ3n) is 2.11. The molecule has 0 radical (unpaired) electrons. The fourth-order valence-electron chi connectivity index (χ4n) is 1.36. The van der Waals surface area contributed by atoms with E-state index in [1.807, 2.05) is 18.2 Å². The molecule has 3 nitrogen and oxygen atoms in total. The predicted octanol–water partition coefficient (Wildman–Crippen LogP) is 2.72. The number of nitrogens with two attached hydrogens (primary N) is 1. The zero-order valence-corrected chi connectivity index (χ0v) is 10.2. The first kappa shape index (κ1) is 11.5. The molecule has 0 aliphatic rings. The number of H-pyrrole nitrogens is 1. The number of nitrogens with zero attached hydrogens (tertiary/aromatic N) is 1. The first-order chi connectivity index (χ1) is 7.79. The Morgan fingerprint density at radius 1 is 1.44 bits per heavy atom. The van der Waals surface area contributed by atoms with Crippen LogP contribution in [0.5, 0.6) is 0 Å². The molecule has 0 atom stereocenters. The van der Waals surface area contributed by atoms with Crippen molar-refractivity contribution in [2.75, 3.05) is 6.54 Å². The summed E-state index contributed by atoms with van der Waals surface area (Å²) in [5.74, 6) is 0. The summed E-state index contributed by atoms with van der Waals surface area (Å²) >= 11 is 7.70. The molecule has 0 unspecified atom stereocenters. The number of nitrogens with one attached hydrogen (secondary N) is 1. The number of benzene rings is 1. The third kappa shape index (κ3) is 2.78. The zero-order valence-electron chi connectivity index (χ0n) is 8.61. The molecule has 0 fully saturated rings. The molecule has 0 aliphatic heterocycles. The predicted molar refractivity (Wildman–Crippen MR) is 66.9 cm³/mol. The summed E-state index contributed by atoms with van der Waals surface area (Å²) in [6.07, 6.45) is 4.36. The number of aromatic amines is 1. The topological polar surface area (TPSA) is 54.7 Å². The molecule has 2 aromatic rings. The van der Waals surface area contributed by atoms with Gasteiger partial charge >= 0.3 is 0 Å². The quantitative estimate of drug-likeness (QED) is 0.881. The highest BCUT2D eigenvalue weighted by molar-refractivity contribution is 7.99. The number of aromatic nitrogens is 2. The molecule has 0 bridgehead atoms. The summed E-state index contributed by atoms with van der Waals surface area (Å²) in [7, 11) is 0.